The molecule has 1 saturated heterocycles. The van der Waals surface area contributed by atoms with Crippen LogP contribution >= 0.6 is 0 Å². The maximum absolute atomic E-state index is 14.2. The van der Waals surface area contributed by atoms with Gasteiger partial charge in [-0.2, -0.15) is 0 Å². The van der Waals surface area contributed by atoms with E-state index >= 15 is 0 Å². The van der Waals surface area contributed by atoms with Crippen LogP contribution in [0.15, 0.2) is 30.3 Å². The molecule has 0 aliphatic carbocycles. The monoisotopic (exact) mass is 436 g/mol. The van der Waals surface area contributed by atoms with Crippen molar-refractivity contribution in [3.8, 4) is 11.5 Å². The zero-order valence-corrected chi connectivity index (χ0v) is 17.9. The molecule has 1 fully saturated rings. The first-order chi connectivity index (χ1) is 14.6. The van der Waals surface area contributed by atoms with Crippen LogP contribution in [0.1, 0.15) is 29.2 Å². The van der Waals surface area contributed by atoms with Gasteiger partial charge in [-0.1, -0.05) is 12.1 Å². The smallest absolute Gasteiger partial charge is 0.229 e. The van der Waals surface area contributed by atoms with Crippen LogP contribution in [0.4, 0.5) is 4.39 Å². The number of hydrogen-bond acceptors (Lipinski definition) is 7. The van der Waals surface area contributed by atoms with Gasteiger partial charge in [0.1, 0.15) is 30.2 Å². The van der Waals surface area contributed by atoms with Gasteiger partial charge in [-0.25, -0.2) is 4.39 Å². The van der Waals surface area contributed by atoms with Crippen molar-refractivity contribution >= 4 is 0 Å². The topological polar surface area (TPSA) is 109 Å². The molecule has 0 saturated carbocycles. The second kappa shape index (κ2) is 9.50. The molecular formula is C23H29FO7. The highest BCUT2D eigenvalue weighted by Gasteiger charge is 2.46. The molecule has 4 N–H and O–H groups in total. The zero-order chi connectivity index (χ0) is 22.9. The number of benzene rings is 2. The van der Waals surface area contributed by atoms with E-state index in [4.69, 9.17) is 14.2 Å². The highest BCUT2D eigenvalue weighted by molar-refractivity contribution is 5.46. The highest BCUT2D eigenvalue weighted by atomic mass is 19.1. The fourth-order valence-corrected chi connectivity index (χ4v) is 3.81. The van der Waals surface area contributed by atoms with E-state index in [1.165, 1.54) is 20.1 Å². The minimum absolute atomic E-state index is 0.149. The van der Waals surface area contributed by atoms with Crippen molar-refractivity contribution in [2.75, 3.05) is 7.11 Å². The van der Waals surface area contributed by atoms with Gasteiger partial charge in [0.25, 0.3) is 0 Å². The third kappa shape index (κ3) is 4.99. The summed E-state index contributed by atoms with van der Waals surface area (Å²) in [6.07, 6.45) is -7.74. The number of halogens is 1. The van der Waals surface area contributed by atoms with Gasteiger partial charge in [-0.15, -0.1) is 0 Å². The van der Waals surface area contributed by atoms with Crippen LogP contribution in [0.25, 0.3) is 0 Å². The molecule has 0 bridgehead atoms. The SMILES string of the molecule is COc1ccc(Cc2c(C)cc(C)cc2O[C@@H]2O[C@H]([C@@H](C)O)[C@@H](O)[C@H](O)[C@H]2O)cc1F. The molecule has 31 heavy (non-hydrogen) atoms. The summed E-state index contributed by atoms with van der Waals surface area (Å²) in [5, 5.41) is 40.5. The van der Waals surface area contributed by atoms with Crippen molar-refractivity contribution in [3.63, 3.8) is 0 Å². The van der Waals surface area contributed by atoms with Crippen LogP contribution in [0, 0.1) is 19.7 Å². The molecule has 8 heteroatoms. The maximum atomic E-state index is 14.2. The summed E-state index contributed by atoms with van der Waals surface area (Å²) in [5.41, 5.74) is 3.23. The quantitative estimate of drug-likeness (QED) is 0.545. The lowest BCUT2D eigenvalue weighted by molar-refractivity contribution is -0.286. The zero-order valence-electron chi connectivity index (χ0n) is 17.9. The molecule has 0 aromatic heterocycles. The average molecular weight is 436 g/mol. The Kier molecular flexibility index (Phi) is 7.18. The van der Waals surface area contributed by atoms with Crippen molar-refractivity contribution < 1.29 is 39.0 Å². The molecule has 6 atom stereocenters. The van der Waals surface area contributed by atoms with Crippen molar-refractivity contribution in [2.45, 2.75) is 64.0 Å². The van der Waals surface area contributed by atoms with Crippen LogP contribution in [-0.4, -0.2) is 64.3 Å². The molecule has 7 nitrogen and oxygen atoms in total. The molecule has 3 rings (SSSR count). The fraction of sp³-hybridized carbons (Fsp3) is 0.478. The molecule has 1 aliphatic rings. The molecule has 1 aliphatic heterocycles. The predicted molar refractivity (Wildman–Crippen MR) is 111 cm³/mol. The molecule has 0 spiro atoms. The normalized spacial score (nSPS) is 27.1. The van der Waals surface area contributed by atoms with E-state index in [9.17, 15) is 24.8 Å². The largest absolute Gasteiger partial charge is 0.494 e. The van der Waals surface area contributed by atoms with Gasteiger partial charge in [0.05, 0.1) is 13.2 Å². The average Bonchev–Trinajstić information content (AvgIpc) is 2.70. The molecule has 1 heterocycles. The van der Waals surface area contributed by atoms with Gasteiger partial charge in [0.2, 0.25) is 6.29 Å². The molecule has 170 valence electrons. The first-order valence-electron chi connectivity index (χ1n) is 10.1. The molecule has 0 amide bonds. The van der Waals surface area contributed by atoms with E-state index in [1.807, 2.05) is 19.9 Å². The Bertz CT molecular complexity index is 917. The molecule has 2 aromatic carbocycles. The maximum Gasteiger partial charge on any atom is 0.229 e. The predicted octanol–water partition coefficient (Wildman–Crippen LogP) is 1.61. The standard InChI is InChI=1S/C23H29FO7/c1-11-7-12(2)15(9-14-5-6-17(29-4)16(24)10-14)18(8-11)30-23-21(28)19(26)20(27)22(31-23)13(3)25/h5-8,10,13,19-23,25-28H,9H2,1-4H3/t13-,19+,20+,21-,22-,23-/m1/s1. The van der Waals surface area contributed by atoms with E-state index in [0.717, 1.165) is 16.7 Å². The van der Waals surface area contributed by atoms with Gasteiger partial charge in [0.15, 0.2) is 11.6 Å². The second-order valence-corrected chi connectivity index (χ2v) is 8.00. The summed E-state index contributed by atoms with van der Waals surface area (Å²) >= 11 is 0. The lowest BCUT2D eigenvalue weighted by atomic mass is 9.95. The van der Waals surface area contributed by atoms with Crippen LogP contribution in [0.5, 0.6) is 11.5 Å². The van der Waals surface area contributed by atoms with E-state index in [2.05, 4.69) is 0 Å². The fourth-order valence-electron chi connectivity index (χ4n) is 3.81. The summed E-state index contributed by atoms with van der Waals surface area (Å²) in [6.45, 7) is 5.19. The summed E-state index contributed by atoms with van der Waals surface area (Å²) in [6, 6.07) is 8.40. The number of aliphatic hydroxyl groups is 4. The van der Waals surface area contributed by atoms with E-state index in [-0.39, 0.29) is 5.75 Å². The van der Waals surface area contributed by atoms with Gasteiger partial charge in [-0.3, -0.25) is 0 Å². The molecular weight excluding hydrogens is 407 g/mol. The van der Waals surface area contributed by atoms with Gasteiger partial charge in [0, 0.05) is 12.0 Å². The second-order valence-electron chi connectivity index (χ2n) is 8.00. The van der Waals surface area contributed by atoms with Crippen molar-refractivity contribution in [1.82, 2.24) is 0 Å². The lowest BCUT2D eigenvalue weighted by Gasteiger charge is -2.41. The van der Waals surface area contributed by atoms with Crippen LogP contribution < -0.4 is 9.47 Å². The third-order valence-electron chi connectivity index (χ3n) is 5.50. The van der Waals surface area contributed by atoms with Crippen LogP contribution in [0.3, 0.4) is 0 Å². The van der Waals surface area contributed by atoms with E-state index in [0.29, 0.717) is 17.7 Å². The van der Waals surface area contributed by atoms with E-state index < -0.39 is 42.6 Å². The Morgan fingerprint density at radius 1 is 1.03 bits per heavy atom. The number of hydrogen-bond donors (Lipinski definition) is 4. The summed E-state index contributed by atoms with van der Waals surface area (Å²) in [5.74, 6) is 0.0668. The molecule has 0 radical (unpaired) electrons. The Morgan fingerprint density at radius 2 is 1.74 bits per heavy atom. The first-order valence-corrected chi connectivity index (χ1v) is 10.1. The summed E-state index contributed by atoms with van der Waals surface area (Å²) in [7, 11) is 1.40. The Hall–Kier alpha value is -2.23. The van der Waals surface area contributed by atoms with Gasteiger partial charge >= 0.3 is 0 Å². The highest BCUT2D eigenvalue weighted by Crippen LogP contribution is 2.32. The minimum Gasteiger partial charge on any atom is -0.494 e. The van der Waals surface area contributed by atoms with E-state index in [1.54, 1.807) is 18.2 Å². The van der Waals surface area contributed by atoms with Crippen molar-refractivity contribution in [2.24, 2.45) is 0 Å². The van der Waals surface area contributed by atoms with Gasteiger partial charge in [-0.05, 0) is 55.7 Å². The summed E-state index contributed by atoms with van der Waals surface area (Å²) in [4.78, 5) is 0. The Labute approximate surface area is 180 Å². The van der Waals surface area contributed by atoms with Gasteiger partial charge < -0.3 is 34.6 Å². The number of ether oxygens (including phenoxy) is 3. The number of rotatable bonds is 6. The van der Waals surface area contributed by atoms with Crippen molar-refractivity contribution in [1.29, 1.82) is 0 Å². The van der Waals surface area contributed by atoms with Crippen molar-refractivity contribution in [3.05, 3.63) is 58.4 Å². The summed E-state index contributed by atoms with van der Waals surface area (Å²) < 4.78 is 30.6. The molecule has 2 aromatic rings. The number of methoxy groups -OCH3 is 1. The number of aryl methyl sites for hydroxylation is 2. The lowest BCUT2D eigenvalue weighted by Crippen LogP contribution is -2.61. The third-order valence-corrected chi connectivity index (χ3v) is 5.50. The van der Waals surface area contributed by atoms with Crippen LogP contribution in [0.2, 0.25) is 0 Å². The Balaban J connectivity index is 1.91. The minimum atomic E-state index is -1.55. The first kappa shape index (κ1) is 23.4. The number of aliphatic hydroxyl groups excluding tert-OH is 4. The van der Waals surface area contributed by atoms with Crippen LogP contribution in [-0.2, 0) is 11.2 Å². The Morgan fingerprint density at radius 3 is 2.35 bits per heavy atom. The molecule has 0 unspecified atom stereocenters.